The molecule has 0 saturated heterocycles. The molecule has 1 N–H and O–H groups in total. The van der Waals surface area contributed by atoms with Gasteiger partial charge in [0.15, 0.2) is 0 Å². The zero-order valence-corrected chi connectivity index (χ0v) is 6.59. The third-order valence-corrected chi connectivity index (χ3v) is 1.34. The summed E-state index contributed by atoms with van der Waals surface area (Å²) >= 11 is 0. The van der Waals surface area contributed by atoms with Gasteiger partial charge in [-0.2, -0.15) is 5.48 Å². The van der Waals surface area contributed by atoms with E-state index in [0.717, 1.165) is 13.0 Å². The highest BCUT2D eigenvalue weighted by Crippen LogP contribution is 2.01. The molecule has 0 aromatic rings. The summed E-state index contributed by atoms with van der Waals surface area (Å²) in [6, 6.07) is 0. The monoisotopic (exact) mass is 145 g/mol. The molecule has 1 atom stereocenters. The minimum atomic E-state index is 0.401. The van der Waals surface area contributed by atoms with E-state index in [0.29, 0.717) is 12.4 Å². The van der Waals surface area contributed by atoms with E-state index < -0.39 is 0 Å². The van der Waals surface area contributed by atoms with Crippen molar-refractivity contribution in [3.05, 3.63) is 0 Å². The summed E-state index contributed by atoms with van der Waals surface area (Å²) < 4.78 is 0. The second-order valence-electron chi connectivity index (χ2n) is 2.46. The van der Waals surface area contributed by atoms with Gasteiger partial charge in [-0.3, -0.25) is 4.79 Å². The number of carbonyl (C=O) groups is 1. The number of rotatable bonds is 6. The van der Waals surface area contributed by atoms with Crippen LogP contribution in [0.3, 0.4) is 0 Å². The van der Waals surface area contributed by atoms with Gasteiger partial charge in [-0.05, 0) is 12.3 Å². The number of hydrogen-bond acceptors (Lipinski definition) is 3. The van der Waals surface area contributed by atoms with Gasteiger partial charge in [-0.1, -0.05) is 20.3 Å². The van der Waals surface area contributed by atoms with Crippen molar-refractivity contribution in [2.24, 2.45) is 5.92 Å². The lowest BCUT2D eigenvalue weighted by molar-refractivity contribution is -0.135. The third-order valence-electron chi connectivity index (χ3n) is 1.34. The fraction of sp³-hybridized carbons (Fsp3) is 0.857. The minimum Gasteiger partial charge on any atom is -0.374 e. The number of hydrogen-bond donors (Lipinski definition) is 1. The smallest absolute Gasteiger partial charge is 0.312 e. The quantitative estimate of drug-likeness (QED) is 0.345. The van der Waals surface area contributed by atoms with Crippen LogP contribution in [0.2, 0.25) is 0 Å². The molecule has 0 aliphatic heterocycles. The fourth-order valence-electron chi connectivity index (χ4n) is 0.819. The van der Waals surface area contributed by atoms with Crippen LogP contribution >= 0.6 is 0 Å². The van der Waals surface area contributed by atoms with Crippen molar-refractivity contribution in [2.45, 2.75) is 26.7 Å². The van der Waals surface area contributed by atoms with Crippen molar-refractivity contribution in [3.8, 4) is 0 Å². The van der Waals surface area contributed by atoms with Gasteiger partial charge in [-0.25, -0.2) is 0 Å². The van der Waals surface area contributed by atoms with Crippen LogP contribution in [0.15, 0.2) is 0 Å². The Kier molecular flexibility index (Phi) is 6.18. The lowest BCUT2D eigenvalue weighted by Gasteiger charge is -2.08. The van der Waals surface area contributed by atoms with Crippen LogP contribution in [-0.2, 0) is 9.63 Å². The Bertz CT molecular complexity index is 85.7. The lowest BCUT2D eigenvalue weighted by atomic mass is 10.1. The van der Waals surface area contributed by atoms with Crippen molar-refractivity contribution < 1.29 is 9.63 Å². The molecule has 0 aromatic carbocycles. The Morgan fingerprint density at radius 2 is 2.40 bits per heavy atom. The van der Waals surface area contributed by atoms with Crippen molar-refractivity contribution in [2.75, 3.05) is 6.54 Å². The van der Waals surface area contributed by atoms with Crippen LogP contribution in [0.5, 0.6) is 0 Å². The van der Waals surface area contributed by atoms with Gasteiger partial charge in [0.25, 0.3) is 0 Å². The second kappa shape index (κ2) is 6.55. The predicted molar refractivity (Wildman–Crippen MR) is 39.2 cm³/mol. The maximum Gasteiger partial charge on any atom is 0.312 e. The maximum atomic E-state index is 9.66. The molecule has 0 rings (SSSR count). The molecule has 0 bridgehead atoms. The van der Waals surface area contributed by atoms with Crippen molar-refractivity contribution in [3.63, 3.8) is 0 Å². The predicted octanol–water partition coefficient (Wildman–Crippen LogP) is 1.10. The summed E-state index contributed by atoms with van der Waals surface area (Å²) in [6.07, 6.45) is 2.33. The highest BCUT2D eigenvalue weighted by Gasteiger charge is 1.98. The Morgan fingerprint density at radius 3 is 2.90 bits per heavy atom. The zero-order chi connectivity index (χ0) is 7.82. The van der Waals surface area contributed by atoms with Crippen LogP contribution < -0.4 is 5.48 Å². The van der Waals surface area contributed by atoms with E-state index >= 15 is 0 Å². The summed E-state index contributed by atoms with van der Waals surface area (Å²) in [5.41, 5.74) is 2.55. The van der Waals surface area contributed by atoms with E-state index in [1.807, 2.05) is 0 Å². The van der Waals surface area contributed by atoms with E-state index in [-0.39, 0.29) is 0 Å². The Balaban J connectivity index is 3.04. The van der Waals surface area contributed by atoms with E-state index in [1.54, 1.807) is 0 Å². The van der Waals surface area contributed by atoms with Crippen molar-refractivity contribution in [1.29, 1.82) is 0 Å². The van der Waals surface area contributed by atoms with Crippen LogP contribution in [-0.4, -0.2) is 13.0 Å². The molecule has 0 amide bonds. The van der Waals surface area contributed by atoms with Gasteiger partial charge in [0.2, 0.25) is 0 Å². The first kappa shape index (κ1) is 9.43. The van der Waals surface area contributed by atoms with Gasteiger partial charge in [0.1, 0.15) is 0 Å². The molecule has 10 heavy (non-hydrogen) atoms. The third kappa shape index (κ3) is 5.56. The molecule has 3 heteroatoms. The molecule has 0 saturated carbocycles. The fourth-order valence-corrected chi connectivity index (χ4v) is 0.819. The largest absolute Gasteiger partial charge is 0.374 e. The summed E-state index contributed by atoms with van der Waals surface area (Å²) in [4.78, 5) is 14.0. The number of hydroxylamine groups is 1. The van der Waals surface area contributed by atoms with E-state index in [1.165, 1.54) is 6.42 Å². The van der Waals surface area contributed by atoms with Crippen LogP contribution in [0.1, 0.15) is 26.7 Å². The van der Waals surface area contributed by atoms with Gasteiger partial charge in [-0.15, -0.1) is 0 Å². The first-order valence-corrected chi connectivity index (χ1v) is 3.63. The van der Waals surface area contributed by atoms with Gasteiger partial charge >= 0.3 is 6.47 Å². The molecule has 0 aliphatic rings. The lowest BCUT2D eigenvalue weighted by Crippen LogP contribution is -2.20. The molecule has 0 aliphatic carbocycles. The SMILES string of the molecule is CCCC(C)CNOC=O. The average molecular weight is 145 g/mol. The van der Waals surface area contributed by atoms with Crippen LogP contribution in [0.4, 0.5) is 0 Å². The van der Waals surface area contributed by atoms with E-state index in [4.69, 9.17) is 0 Å². The molecule has 60 valence electrons. The van der Waals surface area contributed by atoms with Gasteiger partial charge in [0, 0.05) is 6.54 Å². The zero-order valence-electron chi connectivity index (χ0n) is 6.59. The molecule has 1 unspecified atom stereocenters. The maximum absolute atomic E-state index is 9.66. The average Bonchev–Trinajstić information content (AvgIpc) is 1.89. The van der Waals surface area contributed by atoms with Crippen molar-refractivity contribution >= 4 is 6.47 Å². The molecular weight excluding hydrogens is 130 g/mol. The minimum absolute atomic E-state index is 0.401. The molecule has 3 nitrogen and oxygen atoms in total. The summed E-state index contributed by atoms with van der Waals surface area (Å²) in [7, 11) is 0. The molecule has 0 spiro atoms. The van der Waals surface area contributed by atoms with Crippen molar-refractivity contribution in [1.82, 2.24) is 5.48 Å². The molecule has 0 fully saturated rings. The summed E-state index contributed by atoms with van der Waals surface area (Å²) in [6.45, 7) is 5.40. The Morgan fingerprint density at radius 1 is 1.70 bits per heavy atom. The standard InChI is InChI=1S/C7H15NO2/c1-3-4-7(2)5-8-10-6-9/h6-8H,3-5H2,1-2H3. The van der Waals surface area contributed by atoms with Crippen LogP contribution in [0.25, 0.3) is 0 Å². The van der Waals surface area contributed by atoms with Gasteiger partial charge in [0.05, 0.1) is 0 Å². The first-order valence-electron chi connectivity index (χ1n) is 3.63. The van der Waals surface area contributed by atoms with Crippen LogP contribution in [0, 0.1) is 5.92 Å². The van der Waals surface area contributed by atoms with Gasteiger partial charge < -0.3 is 4.84 Å². The second-order valence-corrected chi connectivity index (χ2v) is 2.46. The highest BCUT2D eigenvalue weighted by atomic mass is 16.7. The molecule has 0 heterocycles. The number of carbonyl (C=O) groups excluding carboxylic acids is 1. The first-order chi connectivity index (χ1) is 4.81. The van der Waals surface area contributed by atoms with E-state index in [2.05, 4.69) is 24.2 Å². The summed E-state index contributed by atoms with van der Waals surface area (Å²) in [5, 5.41) is 0. The Labute approximate surface area is 61.7 Å². The molecule has 0 radical (unpaired) electrons. The molecular formula is C7H15NO2. The highest BCUT2D eigenvalue weighted by molar-refractivity contribution is 5.36. The number of nitrogens with one attached hydrogen (secondary N) is 1. The normalized spacial score (nSPS) is 12.6. The molecule has 0 aromatic heterocycles. The van der Waals surface area contributed by atoms with E-state index in [9.17, 15) is 4.79 Å². The summed E-state index contributed by atoms with van der Waals surface area (Å²) in [5.74, 6) is 0.574. The topological polar surface area (TPSA) is 38.3 Å². The Hall–Kier alpha value is -0.570.